The van der Waals surface area contributed by atoms with E-state index in [0.717, 1.165) is 92.2 Å². The first-order valence-corrected chi connectivity index (χ1v) is 23.5. The van der Waals surface area contributed by atoms with Crippen molar-refractivity contribution in [1.82, 2.24) is 20.3 Å². The number of carbonyl (C=O) groups is 2. The van der Waals surface area contributed by atoms with Crippen LogP contribution in [0.25, 0.3) is 35.6 Å². The number of unbranched alkanes of at least 4 members (excludes halogenated alkanes) is 1. The van der Waals surface area contributed by atoms with E-state index in [2.05, 4.69) is 107 Å². The highest BCUT2D eigenvalue weighted by Gasteiger charge is 2.47. The molecule has 0 radical (unpaired) electrons. The van der Waals surface area contributed by atoms with E-state index in [9.17, 15) is 14.7 Å². The molecule has 2 aliphatic heterocycles. The van der Waals surface area contributed by atoms with Gasteiger partial charge in [0.05, 0.1) is 18.5 Å². The van der Waals surface area contributed by atoms with Crippen molar-refractivity contribution in [2.24, 2.45) is 29.6 Å². The molecule has 1 saturated heterocycles. The fourth-order valence-corrected chi connectivity index (χ4v) is 10.4. The lowest BCUT2D eigenvalue weighted by molar-refractivity contribution is -0.143. The predicted molar refractivity (Wildman–Crippen MR) is 254 cm³/mol. The first-order chi connectivity index (χ1) is 29.7. The third-order valence-corrected chi connectivity index (χ3v) is 14.4. The number of aromatic nitrogens is 3. The molecule has 3 aliphatic rings. The van der Waals surface area contributed by atoms with E-state index >= 15 is 0 Å². The van der Waals surface area contributed by atoms with Crippen molar-refractivity contribution in [3.8, 4) is 0 Å². The number of nitrogens with one attached hydrogen (secondary N) is 4. The summed E-state index contributed by atoms with van der Waals surface area (Å²) in [5.41, 5.74) is 11.1. The van der Waals surface area contributed by atoms with Gasteiger partial charge in [-0.3, -0.25) is 9.59 Å². The largest absolute Gasteiger partial charge is 0.510 e. The predicted octanol–water partition coefficient (Wildman–Crippen LogP) is 8.73. The van der Waals surface area contributed by atoms with E-state index < -0.39 is 17.9 Å². The molecule has 3 aromatic heterocycles. The Balaban J connectivity index is 1.25. The lowest BCUT2D eigenvalue weighted by Crippen LogP contribution is -2.38. The van der Waals surface area contributed by atoms with E-state index in [4.69, 9.17) is 9.47 Å². The second-order valence-electron chi connectivity index (χ2n) is 18.7. The number of aliphatic hydroxyl groups is 1. The summed E-state index contributed by atoms with van der Waals surface area (Å²) >= 11 is 0. The summed E-state index contributed by atoms with van der Waals surface area (Å²) in [7, 11) is 1.36. The first-order valence-electron chi connectivity index (χ1n) is 23.5. The third-order valence-electron chi connectivity index (χ3n) is 14.4. The van der Waals surface area contributed by atoms with Gasteiger partial charge in [-0.25, -0.2) is 0 Å². The number of allylic oxidation sites excluding steroid dienone is 2. The van der Waals surface area contributed by atoms with Crippen LogP contribution in [0, 0.1) is 50.4 Å². The molecule has 6 rings (SSSR count). The Morgan fingerprint density at radius 1 is 0.871 bits per heavy atom. The molecule has 0 amide bonds. The third kappa shape index (κ3) is 9.82. The van der Waals surface area contributed by atoms with Gasteiger partial charge >= 0.3 is 11.9 Å². The van der Waals surface area contributed by atoms with Gasteiger partial charge in [-0.15, -0.1) is 0 Å². The maximum atomic E-state index is 13.7. The highest BCUT2D eigenvalue weighted by atomic mass is 16.5. The number of rotatable bonds is 19. The Kier molecular flexibility index (Phi) is 15.4. The van der Waals surface area contributed by atoms with Crippen LogP contribution in [0.1, 0.15) is 157 Å². The summed E-state index contributed by atoms with van der Waals surface area (Å²) in [5.74, 6) is -0.351. The van der Waals surface area contributed by atoms with Gasteiger partial charge in [-0.05, 0) is 123 Å². The number of methoxy groups -OCH3 is 1. The number of aromatic amines is 3. The van der Waals surface area contributed by atoms with Gasteiger partial charge in [-0.1, -0.05) is 97.8 Å². The minimum Gasteiger partial charge on any atom is -0.510 e. The van der Waals surface area contributed by atoms with Crippen LogP contribution in [0.4, 0.5) is 0 Å². The molecular weight excluding hydrogens is 773 g/mol. The van der Waals surface area contributed by atoms with Crippen LogP contribution in [0.2, 0.25) is 0 Å². The molecule has 3 aromatic rings. The van der Waals surface area contributed by atoms with Gasteiger partial charge < -0.3 is 34.8 Å². The number of hydrogen-bond acceptors (Lipinski definition) is 6. The minimum absolute atomic E-state index is 0.0154. The summed E-state index contributed by atoms with van der Waals surface area (Å²) in [6.07, 6.45) is 23.3. The summed E-state index contributed by atoms with van der Waals surface area (Å²) in [5, 5.41) is 19.1. The van der Waals surface area contributed by atoms with E-state index in [0.29, 0.717) is 11.6 Å². The van der Waals surface area contributed by atoms with Gasteiger partial charge in [0, 0.05) is 56.6 Å². The van der Waals surface area contributed by atoms with Crippen molar-refractivity contribution in [2.45, 2.75) is 145 Å². The fraction of sp³-hybridized carbons (Fsp3) is 0.547. The highest BCUT2D eigenvalue weighted by molar-refractivity contribution is 5.95. The Morgan fingerprint density at radius 3 is 2.23 bits per heavy atom. The van der Waals surface area contributed by atoms with E-state index in [1.807, 2.05) is 13.0 Å². The molecule has 0 spiro atoms. The number of fused-ring (bicyclic) bond motifs is 8. The second-order valence-corrected chi connectivity index (χ2v) is 18.7. The van der Waals surface area contributed by atoms with Crippen molar-refractivity contribution >= 4 is 47.6 Å². The molecule has 0 saturated carbocycles. The van der Waals surface area contributed by atoms with E-state index in [-0.39, 0.29) is 36.6 Å². The SMILES string of the molecule is C=Cc1c2[nH]c(c1C)/C=C1\NC(C3=c4[nH]c(c(C)c4=C(O)[C@@H]3C(=O)OC)/C=c3\[nH]/c(c(C)c3CC)=C\2)[C@@H](CCC(=O)OC/C=C(\C)CCC[C@H](C)CCC[C@H](C)CCCC)[C@@H]1C. The van der Waals surface area contributed by atoms with Crippen molar-refractivity contribution in [2.75, 3.05) is 13.7 Å². The number of aliphatic hydroxyl groups excluding tert-OH is 1. The van der Waals surface area contributed by atoms with Crippen LogP contribution < -0.4 is 26.6 Å². The smallest absolute Gasteiger partial charge is 0.320 e. The van der Waals surface area contributed by atoms with Crippen LogP contribution in [-0.2, 0) is 25.5 Å². The Bertz CT molecular complexity index is 2450. The van der Waals surface area contributed by atoms with E-state index in [1.165, 1.54) is 68.8 Å². The molecule has 1 aliphatic carbocycles. The summed E-state index contributed by atoms with van der Waals surface area (Å²) in [6, 6.07) is -0.393. The van der Waals surface area contributed by atoms with Gasteiger partial charge in [0.2, 0.25) is 0 Å². The van der Waals surface area contributed by atoms with E-state index in [1.54, 1.807) is 0 Å². The molecule has 9 nitrogen and oxygen atoms in total. The molecule has 9 heteroatoms. The van der Waals surface area contributed by atoms with Crippen LogP contribution in [0.5, 0.6) is 0 Å². The topological polar surface area (TPSA) is 132 Å². The molecule has 8 bridgehead atoms. The maximum absolute atomic E-state index is 13.7. The van der Waals surface area contributed by atoms with Crippen molar-refractivity contribution in [3.63, 3.8) is 0 Å². The Labute approximate surface area is 369 Å². The Hall–Kier alpha value is -4.92. The van der Waals surface area contributed by atoms with Gasteiger partial charge in [-0.2, -0.15) is 0 Å². The number of hydrogen-bond donors (Lipinski definition) is 5. The lowest BCUT2D eigenvalue weighted by Gasteiger charge is -2.26. The molecule has 5 N–H and O–H groups in total. The normalized spacial score (nSPS) is 22.2. The summed E-state index contributed by atoms with van der Waals surface area (Å²) in [4.78, 5) is 38.1. The fourth-order valence-electron chi connectivity index (χ4n) is 10.4. The number of H-pyrrole nitrogens is 3. The van der Waals surface area contributed by atoms with Gasteiger partial charge in [0.25, 0.3) is 0 Å². The monoisotopic (exact) mass is 847 g/mol. The maximum Gasteiger partial charge on any atom is 0.320 e. The summed E-state index contributed by atoms with van der Waals surface area (Å²) < 4.78 is 11.2. The minimum atomic E-state index is -0.993. The van der Waals surface area contributed by atoms with Gasteiger partial charge in [0.1, 0.15) is 18.3 Å². The van der Waals surface area contributed by atoms with Crippen molar-refractivity contribution < 1.29 is 24.2 Å². The molecule has 0 aromatic carbocycles. The van der Waals surface area contributed by atoms with Crippen LogP contribution >= 0.6 is 0 Å². The van der Waals surface area contributed by atoms with Gasteiger partial charge in [0.15, 0.2) is 0 Å². The average Bonchev–Trinajstić information content (AvgIpc) is 3.99. The highest BCUT2D eigenvalue weighted by Crippen LogP contribution is 2.42. The average molecular weight is 847 g/mol. The lowest BCUT2D eigenvalue weighted by atomic mass is 9.80. The molecule has 1 unspecified atom stereocenters. The van der Waals surface area contributed by atoms with Crippen LogP contribution in [0.3, 0.4) is 0 Å². The van der Waals surface area contributed by atoms with Crippen molar-refractivity contribution in [1.29, 1.82) is 0 Å². The zero-order valence-electron chi connectivity index (χ0n) is 39.3. The number of esters is 2. The van der Waals surface area contributed by atoms with Crippen molar-refractivity contribution in [3.05, 3.63) is 90.1 Å². The summed E-state index contributed by atoms with van der Waals surface area (Å²) in [6.45, 7) is 24.2. The molecule has 1 fully saturated rings. The number of ether oxygens (including phenoxy) is 2. The first kappa shape index (κ1) is 46.6. The molecule has 5 heterocycles. The molecule has 336 valence electrons. The second kappa shape index (κ2) is 20.5. The zero-order valence-corrected chi connectivity index (χ0v) is 39.3. The standard InChI is InChI=1S/C53H74N4O5/c1-12-15-18-30(4)19-16-20-31(5)21-17-22-32(6)25-26-62-46(58)24-23-39-35(9)42-27-40-33(7)37(13-2)44(54-40)28-41-34(8)38(14-3)45(55-41)29-43-36(10)47-51(57-43)48(50(39)56-42)49(52(47)59)53(60)61-11/h13,25,27-31,35,39,49-50,54-57,59H,2,12,14-24,26H2,1,3-11H3/b32-25+,41-28-,42-27-,45-29-/t30-,31-,35+,39+,49-,50?/m1/s1. The zero-order chi connectivity index (χ0) is 44.8. The molecule has 6 atom stereocenters. The quantitative estimate of drug-likeness (QED) is 0.0606. The molecular formula is C53H74N4O5. The van der Waals surface area contributed by atoms with Crippen LogP contribution in [0.15, 0.2) is 23.9 Å². The number of carbonyl (C=O) groups excluding carboxylic acids is 2. The van der Waals surface area contributed by atoms with Crippen LogP contribution in [-0.4, -0.2) is 51.8 Å². The Morgan fingerprint density at radius 2 is 1.55 bits per heavy atom. The molecule has 62 heavy (non-hydrogen) atoms.